The number of tetrazole rings is 1. The largest absolute Gasteiger partial charge is 0.493 e. The molecule has 0 fully saturated rings. The quantitative estimate of drug-likeness (QED) is 0.471. The van der Waals surface area contributed by atoms with E-state index in [1.54, 1.807) is 17.9 Å². The summed E-state index contributed by atoms with van der Waals surface area (Å²) in [7, 11) is 1.60. The normalized spacial score (nSPS) is 10.5. The highest BCUT2D eigenvalue weighted by atomic mass is 79.9. The fourth-order valence-corrected chi connectivity index (χ4v) is 3.22. The molecule has 0 radical (unpaired) electrons. The number of benzene rings is 2. The van der Waals surface area contributed by atoms with Crippen LogP contribution in [0.3, 0.4) is 0 Å². The van der Waals surface area contributed by atoms with Crippen LogP contribution in [0.1, 0.15) is 11.1 Å². The van der Waals surface area contributed by atoms with Crippen LogP contribution < -0.4 is 14.8 Å². The van der Waals surface area contributed by atoms with Crippen LogP contribution in [0.15, 0.2) is 53.5 Å². The summed E-state index contributed by atoms with van der Waals surface area (Å²) in [5.41, 5.74) is 1.76. The maximum absolute atomic E-state index is 6.25. The van der Waals surface area contributed by atoms with E-state index in [1.165, 1.54) is 0 Å². The lowest BCUT2D eigenvalue weighted by molar-refractivity contribution is 0.281. The van der Waals surface area contributed by atoms with E-state index in [2.05, 4.69) is 43.4 Å². The van der Waals surface area contributed by atoms with Crippen LogP contribution in [0.4, 0.5) is 5.95 Å². The molecule has 9 heteroatoms. The zero-order chi connectivity index (χ0) is 19.9. The van der Waals surface area contributed by atoms with Crippen LogP contribution in [-0.4, -0.2) is 27.3 Å². The Labute approximate surface area is 176 Å². The Kier molecular flexibility index (Phi) is 6.89. The lowest BCUT2D eigenvalue weighted by Crippen LogP contribution is -2.10. The van der Waals surface area contributed by atoms with Crippen molar-refractivity contribution in [2.45, 2.75) is 19.7 Å². The molecule has 0 saturated carbocycles. The molecule has 3 aromatic rings. The molecule has 7 nitrogen and oxygen atoms in total. The number of hydrogen-bond donors (Lipinski definition) is 1. The molecule has 146 valence electrons. The van der Waals surface area contributed by atoms with Gasteiger partial charge in [0.2, 0.25) is 5.95 Å². The molecule has 0 unspecified atom stereocenters. The third-order valence-corrected chi connectivity index (χ3v) is 5.09. The molecule has 0 bridgehead atoms. The number of ether oxygens (including phenoxy) is 2. The Balaban J connectivity index is 1.84. The van der Waals surface area contributed by atoms with Crippen molar-refractivity contribution in [1.29, 1.82) is 0 Å². The fourth-order valence-electron chi connectivity index (χ4n) is 2.58. The number of anilines is 1. The van der Waals surface area contributed by atoms with E-state index in [0.717, 1.165) is 15.6 Å². The van der Waals surface area contributed by atoms with Crippen molar-refractivity contribution in [3.05, 3.63) is 69.7 Å². The first-order chi connectivity index (χ1) is 13.6. The third-order valence-electron chi connectivity index (χ3n) is 3.97. The van der Waals surface area contributed by atoms with E-state index in [9.17, 15) is 0 Å². The summed E-state index contributed by atoms with van der Waals surface area (Å²) < 4.78 is 14.1. The van der Waals surface area contributed by atoms with Crippen molar-refractivity contribution < 1.29 is 9.47 Å². The molecule has 1 heterocycles. The van der Waals surface area contributed by atoms with Gasteiger partial charge in [0.05, 0.1) is 13.7 Å². The van der Waals surface area contributed by atoms with Gasteiger partial charge >= 0.3 is 0 Å². The highest BCUT2D eigenvalue weighted by Gasteiger charge is 2.16. The monoisotopic (exact) mass is 463 g/mol. The molecule has 28 heavy (non-hydrogen) atoms. The SMILES string of the molecule is C=CCn1nnnc1NCc1c(Br)ccc(OC)c1OCc1ccccc1Cl. The Morgan fingerprint density at radius 3 is 2.86 bits per heavy atom. The van der Waals surface area contributed by atoms with Gasteiger partial charge in [0, 0.05) is 27.2 Å². The number of nitrogens with one attached hydrogen (secondary N) is 1. The first-order valence-electron chi connectivity index (χ1n) is 8.46. The number of hydrogen-bond acceptors (Lipinski definition) is 6. The molecule has 0 spiro atoms. The Morgan fingerprint density at radius 2 is 2.11 bits per heavy atom. The summed E-state index contributed by atoms with van der Waals surface area (Å²) in [5.74, 6) is 1.77. The van der Waals surface area contributed by atoms with Crippen LogP contribution in [0.5, 0.6) is 11.5 Å². The number of aromatic nitrogens is 4. The van der Waals surface area contributed by atoms with E-state index in [4.69, 9.17) is 21.1 Å². The van der Waals surface area contributed by atoms with Gasteiger partial charge in [0.15, 0.2) is 11.5 Å². The standard InChI is InChI=1S/C19H19BrClN5O2/c1-3-10-26-19(23-24-25-26)22-11-14-15(20)8-9-17(27-2)18(14)28-12-13-6-4-5-7-16(13)21/h3-9H,1,10-12H2,2H3,(H,22,23,25). The van der Waals surface area contributed by atoms with Crippen molar-refractivity contribution in [2.75, 3.05) is 12.4 Å². The van der Waals surface area contributed by atoms with Crippen LogP contribution in [-0.2, 0) is 19.7 Å². The summed E-state index contributed by atoms with van der Waals surface area (Å²) in [6, 6.07) is 11.3. The third kappa shape index (κ3) is 4.63. The first kappa shape index (κ1) is 20.2. The van der Waals surface area contributed by atoms with Gasteiger partial charge in [0.1, 0.15) is 6.61 Å². The molecular formula is C19H19BrClN5O2. The topological polar surface area (TPSA) is 74.1 Å². The molecule has 3 rings (SSSR count). The van der Waals surface area contributed by atoms with Gasteiger partial charge in [-0.1, -0.05) is 56.9 Å². The summed E-state index contributed by atoms with van der Waals surface area (Å²) in [6.07, 6.45) is 1.72. The molecule has 1 N–H and O–H groups in total. The van der Waals surface area contributed by atoms with Crippen molar-refractivity contribution in [3.63, 3.8) is 0 Å². The van der Waals surface area contributed by atoms with E-state index >= 15 is 0 Å². The van der Waals surface area contributed by atoms with Gasteiger partial charge in [-0.2, -0.15) is 0 Å². The Morgan fingerprint density at radius 1 is 1.29 bits per heavy atom. The summed E-state index contributed by atoms with van der Waals surface area (Å²) in [6.45, 7) is 4.95. The number of methoxy groups -OCH3 is 1. The summed E-state index contributed by atoms with van der Waals surface area (Å²) in [5, 5.41) is 15.5. The minimum absolute atomic E-state index is 0.313. The van der Waals surface area contributed by atoms with Crippen molar-refractivity contribution >= 4 is 33.5 Å². The number of rotatable bonds is 9. The first-order valence-corrected chi connectivity index (χ1v) is 9.63. The fraction of sp³-hybridized carbons (Fsp3) is 0.211. The average molecular weight is 465 g/mol. The lowest BCUT2D eigenvalue weighted by atomic mass is 10.1. The molecule has 0 aliphatic carbocycles. The smallest absolute Gasteiger partial charge is 0.243 e. The van der Waals surface area contributed by atoms with Crippen molar-refractivity contribution in [2.24, 2.45) is 0 Å². The van der Waals surface area contributed by atoms with E-state index in [0.29, 0.717) is 42.2 Å². The van der Waals surface area contributed by atoms with Gasteiger partial charge in [-0.3, -0.25) is 0 Å². The molecule has 0 aliphatic rings. The zero-order valence-electron chi connectivity index (χ0n) is 15.2. The summed E-state index contributed by atoms with van der Waals surface area (Å²) in [4.78, 5) is 0. The van der Waals surface area contributed by atoms with Gasteiger partial charge in [-0.15, -0.1) is 6.58 Å². The molecule has 0 amide bonds. The van der Waals surface area contributed by atoms with Gasteiger partial charge in [-0.25, -0.2) is 4.68 Å². The molecule has 2 aromatic carbocycles. The minimum Gasteiger partial charge on any atom is -0.493 e. The predicted octanol–water partition coefficient (Wildman–Crippen LogP) is 4.47. The highest BCUT2D eigenvalue weighted by molar-refractivity contribution is 9.10. The molecular weight excluding hydrogens is 446 g/mol. The maximum Gasteiger partial charge on any atom is 0.243 e. The van der Waals surface area contributed by atoms with E-state index in [-0.39, 0.29) is 0 Å². The Bertz CT molecular complexity index is 963. The second-order valence-electron chi connectivity index (χ2n) is 5.76. The van der Waals surface area contributed by atoms with Gasteiger partial charge in [-0.05, 0) is 28.6 Å². The van der Waals surface area contributed by atoms with Crippen LogP contribution in [0, 0.1) is 0 Å². The van der Waals surface area contributed by atoms with E-state index < -0.39 is 0 Å². The van der Waals surface area contributed by atoms with Gasteiger partial charge in [0.25, 0.3) is 0 Å². The lowest BCUT2D eigenvalue weighted by Gasteiger charge is -2.17. The Hall–Kier alpha value is -2.58. The van der Waals surface area contributed by atoms with Gasteiger partial charge < -0.3 is 14.8 Å². The van der Waals surface area contributed by atoms with Crippen LogP contribution in [0.25, 0.3) is 0 Å². The highest BCUT2D eigenvalue weighted by Crippen LogP contribution is 2.37. The van der Waals surface area contributed by atoms with Crippen LogP contribution >= 0.6 is 27.5 Å². The molecule has 0 aliphatic heterocycles. The van der Waals surface area contributed by atoms with Crippen LogP contribution in [0.2, 0.25) is 5.02 Å². The second-order valence-corrected chi connectivity index (χ2v) is 7.03. The minimum atomic E-state index is 0.313. The number of halogens is 2. The number of nitrogens with zero attached hydrogens (tertiary/aromatic N) is 4. The molecule has 0 saturated heterocycles. The average Bonchev–Trinajstić information content (AvgIpc) is 3.14. The second kappa shape index (κ2) is 9.57. The molecule has 1 aromatic heterocycles. The number of allylic oxidation sites excluding steroid dienone is 1. The predicted molar refractivity (Wildman–Crippen MR) is 112 cm³/mol. The van der Waals surface area contributed by atoms with E-state index in [1.807, 2.05) is 36.4 Å². The van der Waals surface area contributed by atoms with Crippen molar-refractivity contribution in [3.8, 4) is 11.5 Å². The zero-order valence-corrected chi connectivity index (χ0v) is 17.6. The molecule has 0 atom stereocenters. The maximum atomic E-state index is 6.25. The van der Waals surface area contributed by atoms with Crippen molar-refractivity contribution in [1.82, 2.24) is 20.2 Å². The summed E-state index contributed by atoms with van der Waals surface area (Å²) >= 11 is 9.83.